The smallest absolute Gasteiger partial charge is 0.189 e. The number of thioether (sulfide) groups is 1. The minimum atomic E-state index is 0.895. The summed E-state index contributed by atoms with van der Waals surface area (Å²) in [5.41, 5.74) is 2.58. The molecule has 2 aliphatic heterocycles. The van der Waals surface area contributed by atoms with Crippen LogP contribution >= 0.6 is 11.8 Å². The third-order valence-electron chi connectivity index (χ3n) is 3.48. The third-order valence-corrected chi connectivity index (χ3v) is 4.03. The van der Waals surface area contributed by atoms with E-state index in [4.69, 9.17) is 4.98 Å². The quantitative estimate of drug-likeness (QED) is 0.635. The van der Waals surface area contributed by atoms with Gasteiger partial charge in [-0.15, -0.1) is 0 Å². The Labute approximate surface area is 106 Å². The second-order valence-corrected chi connectivity index (χ2v) is 5.35. The molecule has 3 heterocycles. The predicted octanol–water partition coefficient (Wildman–Crippen LogP) is 1.44. The molecule has 0 radical (unpaired) electrons. The fourth-order valence-corrected chi connectivity index (χ4v) is 2.98. The van der Waals surface area contributed by atoms with Crippen LogP contribution in [0.25, 0.3) is 0 Å². The molecule has 0 atom stereocenters. The molecule has 5 heteroatoms. The van der Waals surface area contributed by atoms with E-state index in [1.165, 1.54) is 29.9 Å². The summed E-state index contributed by atoms with van der Waals surface area (Å²) in [7, 11) is 0. The number of rotatable bonds is 2. The van der Waals surface area contributed by atoms with Crippen LogP contribution in [-0.4, -0.2) is 35.9 Å². The predicted molar refractivity (Wildman–Crippen MR) is 70.7 cm³/mol. The Morgan fingerprint density at radius 2 is 2.06 bits per heavy atom. The Morgan fingerprint density at radius 3 is 2.82 bits per heavy atom. The van der Waals surface area contributed by atoms with Gasteiger partial charge in [-0.1, -0.05) is 11.8 Å². The first kappa shape index (κ1) is 11.3. The van der Waals surface area contributed by atoms with Crippen molar-refractivity contribution < 1.29 is 0 Å². The van der Waals surface area contributed by atoms with Crippen LogP contribution < -0.4 is 10.2 Å². The lowest BCUT2D eigenvalue weighted by molar-refractivity contribution is 0.610. The molecular weight excluding hydrogens is 232 g/mol. The van der Waals surface area contributed by atoms with Crippen LogP contribution in [-0.2, 0) is 13.0 Å². The zero-order valence-electron chi connectivity index (χ0n) is 10.2. The van der Waals surface area contributed by atoms with Gasteiger partial charge in [-0.2, -0.15) is 0 Å². The normalized spacial score (nSPS) is 19.5. The molecule has 0 saturated carbocycles. The van der Waals surface area contributed by atoms with Crippen molar-refractivity contribution in [2.75, 3.05) is 30.8 Å². The Morgan fingerprint density at radius 1 is 1.24 bits per heavy atom. The molecule has 1 aromatic rings. The van der Waals surface area contributed by atoms with Crippen molar-refractivity contribution in [2.45, 2.75) is 31.0 Å². The summed E-state index contributed by atoms with van der Waals surface area (Å²) in [6.45, 7) is 4.26. The second kappa shape index (κ2) is 4.82. The molecule has 4 nitrogen and oxygen atoms in total. The van der Waals surface area contributed by atoms with Crippen LogP contribution in [0, 0.1) is 0 Å². The molecule has 1 N–H and O–H groups in total. The highest BCUT2D eigenvalue weighted by atomic mass is 32.2. The topological polar surface area (TPSA) is 41.1 Å². The Balaban J connectivity index is 2.04. The monoisotopic (exact) mass is 250 g/mol. The van der Waals surface area contributed by atoms with Gasteiger partial charge in [0.05, 0.1) is 5.69 Å². The van der Waals surface area contributed by atoms with Gasteiger partial charge >= 0.3 is 0 Å². The van der Waals surface area contributed by atoms with E-state index in [2.05, 4.69) is 15.2 Å². The average Bonchev–Trinajstić information content (AvgIpc) is 2.91. The zero-order valence-corrected chi connectivity index (χ0v) is 11.0. The second-order valence-electron chi connectivity index (χ2n) is 4.58. The van der Waals surface area contributed by atoms with Gasteiger partial charge in [-0.3, -0.25) is 0 Å². The molecule has 1 aromatic heterocycles. The molecule has 2 aliphatic rings. The van der Waals surface area contributed by atoms with Gasteiger partial charge in [-0.05, 0) is 32.1 Å². The lowest BCUT2D eigenvalue weighted by Gasteiger charge is -2.25. The van der Waals surface area contributed by atoms with E-state index in [-0.39, 0.29) is 0 Å². The highest BCUT2D eigenvalue weighted by Gasteiger charge is 2.23. The molecule has 3 rings (SSSR count). The van der Waals surface area contributed by atoms with Gasteiger partial charge < -0.3 is 10.2 Å². The van der Waals surface area contributed by atoms with E-state index in [1.807, 2.05) is 6.26 Å². The minimum Gasteiger partial charge on any atom is -0.356 e. The number of aromatic nitrogens is 2. The Kier molecular flexibility index (Phi) is 3.20. The van der Waals surface area contributed by atoms with Crippen molar-refractivity contribution >= 4 is 17.6 Å². The summed E-state index contributed by atoms with van der Waals surface area (Å²) in [6, 6.07) is 0. The van der Waals surface area contributed by atoms with Crippen LogP contribution in [0.3, 0.4) is 0 Å². The summed E-state index contributed by atoms with van der Waals surface area (Å²) < 4.78 is 0. The SMILES string of the molecule is CSc1nc2c(c(N3CCCC3)n1)CCNC2. The summed E-state index contributed by atoms with van der Waals surface area (Å²) >= 11 is 1.64. The van der Waals surface area contributed by atoms with Gasteiger partial charge in [0.15, 0.2) is 5.16 Å². The number of nitrogens with one attached hydrogen (secondary N) is 1. The van der Waals surface area contributed by atoms with E-state index < -0.39 is 0 Å². The fourth-order valence-electron chi connectivity index (χ4n) is 2.60. The molecule has 1 saturated heterocycles. The number of hydrogen-bond acceptors (Lipinski definition) is 5. The molecule has 0 aliphatic carbocycles. The van der Waals surface area contributed by atoms with E-state index in [0.717, 1.165) is 37.8 Å². The van der Waals surface area contributed by atoms with E-state index in [9.17, 15) is 0 Å². The molecular formula is C12H18N4S. The molecule has 0 aromatic carbocycles. The first-order chi connectivity index (χ1) is 8.38. The highest BCUT2D eigenvalue weighted by molar-refractivity contribution is 7.98. The van der Waals surface area contributed by atoms with E-state index in [1.54, 1.807) is 11.8 Å². The molecule has 92 valence electrons. The van der Waals surface area contributed by atoms with Gasteiger partial charge in [0.1, 0.15) is 5.82 Å². The van der Waals surface area contributed by atoms with Gasteiger partial charge in [0.25, 0.3) is 0 Å². The Bertz CT molecular complexity index is 415. The zero-order chi connectivity index (χ0) is 11.7. The summed E-state index contributed by atoms with van der Waals surface area (Å²) in [4.78, 5) is 11.8. The van der Waals surface area contributed by atoms with Crippen LogP contribution in [0.4, 0.5) is 5.82 Å². The average molecular weight is 250 g/mol. The molecule has 17 heavy (non-hydrogen) atoms. The lowest BCUT2D eigenvalue weighted by atomic mass is 10.1. The molecule has 0 amide bonds. The van der Waals surface area contributed by atoms with E-state index in [0.29, 0.717) is 0 Å². The molecule has 0 bridgehead atoms. The number of hydrogen-bond donors (Lipinski definition) is 1. The fraction of sp³-hybridized carbons (Fsp3) is 0.667. The van der Waals surface area contributed by atoms with Crippen molar-refractivity contribution in [1.29, 1.82) is 0 Å². The number of nitrogens with zero attached hydrogens (tertiary/aromatic N) is 3. The number of fused-ring (bicyclic) bond motifs is 1. The van der Waals surface area contributed by atoms with Crippen LogP contribution in [0.5, 0.6) is 0 Å². The minimum absolute atomic E-state index is 0.895. The Hall–Kier alpha value is -0.810. The highest BCUT2D eigenvalue weighted by Crippen LogP contribution is 2.28. The van der Waals surface area contributed by atoms with Crippen molar-refractivity contribution in [3.05, 3.63) is 11.3 Å². The maximum Gasteiger partial charge on any atom is 0.189 e. The van der Waals surface area contributed by atoms with Gasteiger partial charge in [-0.25, -0.2) is 9.97 Å². The first-order valence-electron chi connectivity index (χ1n) is 6.28. The van der Waals surface area contributed by atoms with Crippen LogP contribution in [0.1, 0.15) is 24.1 Å². The summed E-state index contributed by atoms with van der Waals surface area (Å²) in [5.74, 6) is 1.21. The van der Waals surface area contributed by atoms with Gasteiger partial charge in [0.2, 0.25) is 0 Å². The molecule has 1 fully saturated rings. The maximum absolute atomic E-state index is 4.74. The van der Waals surface area contributed by atoms with Crippen molar-refractivity contribution in [3.63, 3.8) is 0 Å². The third kappa shape index (κ3) is 2.13. The van der Waals surface area contributed by atoms with E-state index >= 15 is 0 Å². The molecule has 0 unspecified atom stereocenters. The maximum atomic E-state index is 4.74. The molecule has 0 spiro atoms. The van der Waals surface area contributed by atoms with Crippen LogP contribution in [0.2, 0.25) is 0 Å². The van der Waals surface area contributed by atoms with Crippen LogP contribution in [0.15, 0.2) is 5.16 Å². The van der Waals surface area contributed by atoms with Gasteiger partial charge in [0, 0.05) is 25.2 Å². The standard InChI is InChI=1S/C12H18N4S/c1-17-12-14-10-8-13-5-4-9(10)11(15-12)16-6-2-3-7-16/h13H,2-8H2,1H3. The first-order valence-corrected chi connectivity index (χ1v) is 7.50. The summed E-state index contributed by atoms with van der Waals surface area (Å²) in [5, 5.41) is 4.30. The van der Waals surface area contributed by atoms with Crippen molar-refractivity contribution in [1.82, 2.24) is 15.3 Å². The summed E-state index contributed by atoms with van der Waals surface area (Å²) in [6.07, 6.45) is 5.71. The lowest BCUT2D eigenvalue weighted by Crippen LogP contribution is -2.29. The van der Waals surface area contributed by atoms with Crippen molar-refractivity contribution in [3.8, 4) is 0 Å². The van der Waals surface area contributed by atoms with Crippen molar-refractivity contribution in [2.24, 2.45) is 0 Å². The largest absolute Gasteiger partial charge is 0.356 e. The number of anilines is 1.